The van der Waals surface area contributed by atoms with E-state index in [2.05, 4.69) is 254 Å². The Kier molecular flexibility index (Phi) is 16.5. The van der Waals surface area contributed by atoms with Gasteiger partial charge in [0.1, 0.15) is 33.8 Å². The van der Waals surface area contributed by atoms with E-state index in [4.69, 9.17) is 11.4 Å². The van der Waals surface area contributed by atoms with Crippen LogP contribution in [-0.2, 0) is 0 Å². The average molecular weight is 1400 g/mol. The number of hydrogen-bond acceptors (Lipinski definition) is 10. The van der Waals surface area contributed by atoms with E-state index in [9.17, 15) is 0 Å². The molecular weight excluding hydrogens is 1340 g/mol. The molecule has 0 atom stereocenters. The van der Waals surface area contributed by atoms with Gasteiger partial charge in [-0.3, -0.25) is 24.9 Å². The van der Waals surface area contributed by atoms with Crippen LogP contribution >= 0.6 is 22.7 Å². The highest BCUT2D eigenvalue weighted by Gasteiger charge is 2.46. The second-order valence-corrected chi connectivity index (χ2v) is 29.0. The number of hydrogen-bond donors (Lipinski definition) is 0. The average Bonchev–Trinajstić information content (AvgIpc) is 1.61. The third-order valence-electron chi connectivity index (χ3n) is 19.5. The highest BCUT2D eigenvalue weighted by molar-refractivity contribution is 7.26. The van der Waals surface area contributed by atoms with Crippen LogP contribution in [0, 0.1) is 0 Å². The Bertz CT molecular complexity index is 6390. The second-order valence-electron chi connectivity index (χ2n) is 25.6. The maximum Gasteiger partial charge on any atom is 1.20 e. The van der Waals surface area contributed by atoms with E-state index in [1.807, 2.05) is 138 Å². The molecule has 13 aromatic carbocycles. The fourth-order valence-corrected chi connectivity index (χ4v) is 18.4. The lowest BCUT2D eigenvalue weighted by molar-refractivity contribution is 0.311. The van der Waals surface area contributed by atoms with Crippen LogP contribution in [0.5, 0.6) is 17.2 Å². The van der Waals surface area contributed by atoms with Crippen molar-refractivity contribution in [2.45, 2.75) is 0 Å². The molecule has 0 N–H and O–H groups in total. The zero-order valence-corrected chi connectivity index (χ0v) is 59.2. The van der Waals surface area contributed by atoms with Gasteiger partial charge in [-0.05, 0) is 129 Å². The van der Waals surface area contributed by atoms with Crippen LogP contribution in [0.2, 0.25) is 0 Å². The van der Waals surface area contributed by atoms with Crippen molar-refractivity contribution >= 4 is 154 Å². The lowest BCUT2D eigenvalue weighted by Gasteiger charge is -2.18. The Morgan fingerprint density at radius 2 is 0.610 bits per heavy atom. The number of para-hydroxylation sites is 4. The van der Waals surface area contributed by atoms with E-state index in [1.54, 1.807) is 18.6 Å². The summed E-state index contributed by atoms with van der Waals surface area (Å²) in [6.45, 7) is 0. The van der Waals surface area contributed by atoms with Gasteiger partial charge in [0.2, 0.25) is 0 Å². The molecule has 8 aromatic heterocycles. The summed E-state index contributed by atoms with van der Waals surface area (Å²) in [5.41, 5.74) is 17.6. The molecule has 0 aliphatic rings. The molecule has 12 heteroatoms. The van der Waals surface area contributed by atoms with Gasteiger partial charge in [0.15, 0.2) is 0 Å². The van der Waals surface area contributed by atoms with Crippen LogP contribution in [0.25, 0.3) is 167 Å². The number of aromatic nitrogens is 6. The van der Waals surface area contributed by atoms with Crippen LogP contribution in [0.4, 0.5) is 0 Å². The highest BCUT2D eigenvalue weighted by atomic mass is 32.1. The van der Waals surface area contributed by atoms with Gasteiger partial charge in [-0.2, -0.15) is 0 Å². The summed E-state index contributed by atoms with van der Waals surface area (Å²) in [5.74, 6) is 1.82. The molecule has 0 radical (unpaired) electrons. The molecule has 0 saturated heterocycles. The first-order valence-electron chi connectivity index (χ1n) is 34.8. The Labute approximate surface area is 616 Å². The topological polar surface area (TPSA) is 97.1 Å². The van der Waals surface area contributed by atoms with Crippen LogP contribution in [0.15, 0.2) is 359 Å². The van der Waals surface area contributed by atoms with Crippen molar-refractivity contribution in [2.75, 3.05) is 0 Å². The fraction of sp³-hybridized carbons (Fsp3) is 0. The molecule has 0 aliphatic heterocycles. The first kappa shape index (κ1) is 63.0. The van der Waals surface area contributed by atoms with Crippen LogP contribution < -0.4 is 11.4 Å². The highest BCUT2D eigenvalue weighted by Crippen LogP contribution is 2.45. The molecule has 0 saturated carbocycles. The quantitative estimate of drug-likeness (QED) is 0.0933. The monoisotopic (exact) mass is 1400 g/mol. The number of nitrogens with zero attached hydrogens (tertiary/aromatic N) is 6. The minimum absolute atomic E-state index is 0.608. The molecule has 0 amide bonds. The molecule has 21 rings (SSSR count). The Hall–Kier alpha value is -12.9. The van der Waals surface area contributed by atoms with Gasteiger partial charge < -0.3 is 15.9 Å². The van der Waals surface area contributed by atoms with Gasteiger partial charge >= 0.3 is 15.1 Å². The maximum atomic E-state index is 6.41. The minimum Gasteiger partial charge on any atom is -0.576 e. The predicted octanol–water partition coefficient (Wildman–Crippen LogP) is 24.8. The molecule has 494 valence electrons. The smallest absolute Gasteiger partial charge is 0.576 e. The van der Waals surface area contributed by atoms with E-state index < -0.39 is 15.1 Å². The van der Waals surface area contributed by atoms with Crippen molar-refractivity contribution in [2.24, 2.45) is 0 Å². The van der Waals surface area contributed by atoms with Gasteiger partial charge in [-0.25, -0.2) is 0 Å². The van der Waals surface area contributed by atoms with Gasteiger partial charge in [0.25, 0.3) is 0 Å². The normalized spacial score (nSPS) is 11.4. The Balaban J connectivity index is 0.000000112. The molecular formula is C93H59AlN6O3S2. The number of rotatable bonds is 11. The van der Waals surface area contributed by atoms with E-state index in [0.717, 1.165) is 54.5 Å². The largest absolute Gasteiger partial charge is 1.20 e. The molecule has 105 heavy (non-hydrogen) atoms. The fourth-order valence-electron chi connectivity index (χ4n) is 14.6. The SMILES string of the molecule is c1ccc(-c2ccnc3c2ccc2c(-c4ccccc4)ccnc23)cc1.c1ccc(-n2c3cc(-c4cccc5c4sc4ccccc45)ccc3c3ccc(-c4cccc5c4sc4ccccc45)cc32)cc1.c1cnc2c([O][Al]([O]c3cccc4cccnc34)[O]c3cccc4cccnc34)cccc2c1. The van der Waals surface area contributed by atoms with E-state index in [1.165, 1.54) is 112 Å². The van der Waals surface area contributed by atoms with Crippen molar-refractivity contribution in [1.29, 1.82) is 0 Å². The minimum atomic E-state index is -2.86. The second kappa shape index (κ2) is 27.5. The zero-order chi connectivity index (χ0) is 69.6. The van der Waals surface area contributed by atoms with Crippen molar-refractivity contribution < 1.29 is 11.4 Å². The summed E-state index contributed by atoms with van der Waals surface area (Å²) in [4.78, 5) is 22.9. The van der Waals surface area contributed by atoms with E-state index >= 15 is 0 Å². The summed E-state index contributed by atoms with van der Waals surface area (Å²) in [6.07, 6.45) is 8.99. The summed E-state index contributed by atoms with van der Waals surface area (Å²) in [5, 5.41) is 13.1. The third kappa shape index (κ3) is 11.8. The molecule has 0 fully saturated rings. The number of fused-ring (bicyclic) bond motifs is 15. The van der Waals surface area contributed by atoms with Crippen molar-refractivity contribution in [3.05, 3.63) is 359 Å². The molecule has 8 heterocycles. The molecule has 0 aliphatic carbocycles. The zero-order valence-electron chi connectivity index (χ0n) is 56.4. The van der Waals surface area contributed by atoms with Gasteiger partial charge in [0, 0.05) is 115 Å². The summed E-state index contributed by atoms with van der Waals surface area (Å²) >= 11 is 0.924. The van der Waals surface area contributed by atoms with Gasteiger partial charge in [-0.15, -0.1) is 22.7 Å². The first-order valence-corrected chi connectivity index (χ1v) is 37.9. The Morgan fingerprint density at radius 3 is 1.05 bits per heavy atom. The standard InChI is InChI=1S/C42H25NS2.C24H16N2.3C9H7NO.Al/c1-2-10-28(11-3-1)43-37-24-26(29-14-8-16-35-33-12-4-6-18-39(33)44-41(29)35)20-22-31(37)32-23-21-27(25-38(32)43)30-15-9-17-36-34-13-5-7-19-40(34)45-42(30)36;1-3-7-17(8-4-1)19-13-15-25-23-21(19)11-12-22-20(14-16-26-24(22)23)18-9-5-2-6-10-18;3*11-8-5-1-3-7-4-2-6-10-9(7)8;/h1-25H;1-16H;3*1-6,11H;/q;;;;;+3/p-3. The van der Waals surface area contributed by atoms with Crippen molar-refractivity contribution in [3.63, 3.8) is 0 Å². The van der Waals surface area contributed by atoms with Crippen molar-refractivity contribution in [3.8, 4) is 67.4 Å². The molecule has 0 bridgehead atoms. The van der Waals surface area contributed by atoms with Crippen molar-refractivity contribution in [1.82, 2.24) is 29.5 Å². The van der Waals surface area contributed by atoms with Gasteiger partial charge in [0.05, 0.1) is 22.1 Å². The van der Waals surface area contributed by atoms with Crippen LogP contribution in [0.1, 0.15) is 0 Å². The number of benzene rings is 13. The van der Waals surface area contributed by atoms with Crippen LogP contribution in [0.3, 0.4) is 0 Å². The summed E-state index contributed by atoms with van der Waals surface area (Å²) < 4.78 is 27.0. The van der Waals surface area contributed by atoms with Crippen LogP contribution in [-0.4, -0.2) is 44.6 Å². The first-order chi connectivity index (χ1) is 52.1. The van der Waals surface area contributed by atoms with Gasteiger partial charge in [-0.1, -0.05) is 243 Å². The lowest BCUT2D eigenvalue weighted by atomic mass is 9.97. The number of pyridine rings is 5. The molecule has 0 unspecified atom stereocenters. The molecule has 9 nitrogen and oxygen atoms in total. The predicted molar refractivity (Wildman–Crippen MR) is 438 cm³/mol. The van der Waals surface area contributed by atoms with E-state index in [0.29, 0.717) is 17.2 Å². The molecule has 0 spiro atoms. The summed E-state index contributed by atoms with van der Waals surface area (Å²) in [7, 11) is 0. The molecule has 21 aromatic rings. The third-order valence-corrected chi connectivity index (χ3v) is 23.2. The Morgan fingerprint density at radius 1 is 0.248 bits per heavy atom. The number of thiophene rings is 2. The lowest BCUT2D eigenvalue weighted by Crippen LogP contribution is -2.37. The summed E-state index contributed by atoms with van der Waals surface area (Å²) in [6, 6.07) is 114. The van der Waals surface area contributed by atoms with E-state index in [-0.39, 0.29) is 0 Å². The maximum absolute atomic E-state index is 6.41.